The van der Waals surface area contributed by atoms with Gasteiger partial charge in [-0.1, -0.05) is 0 Å². The Labute approximate surface area is 81.8 Å². The number of carbonyl (C=O) groups excluding carboxylic acids is 1. The maximum atomic E-state index is 11.3. The van der Waals surface area contributed by atoms with Crippen LogP contribution in [0.4, 0.5) is 0 Å². The highest BCUT2D eigenvalue weighted by Gasteiger charge is 2.04. The first kappa shape index (κ1) is 10.3. The van der Waals surface area contributed by atoms with Crippen molar-refractivity contribution in [2.45, 2.75) is 19.8 Å². The van der Waals surface area contributed by atoms with Gasteiger partial charge in [-0.25, -0.2) is 4.98 Å². The summed E-state index contributed by atoms with van der Waals surface area (Å²) >= 11 is 1.52. The predicted molar refractivity (Wildman–Crippen MR) is 51.9 cm³/mol. The summed E-state index contributed by atoms with van der Waals surface area (Å²) in [6.07, 6.45) is 2.66. The lowest BCUT2D eigenvalue weighted by molar-refractivity contribution is -0.119. The molecule has 0 aliphatic carbocycles. The van der Waals surface area contributed by atoms with Crippen molar-refractivity contribution in [2.75, 3.05) is 13.2 Å². The van der Waals surface area contributed by atoms with E-state index >= 15 is 0 Å². The zero-order valence-electron chi connectivity index (χ0n) is 7.66. The molecule has 72 valence electrons. The molecule has 0 amide bonds. The third-order valence-electron chi connectivity index (χ3n) is 1.56. The normalized spacial score (nSPS) is 10.2. The minimum Gasteiger partial charge on any atom is -0.381 e. The molecule has 0 N–H and O–H groups in total. The van der Waals surface area contributed by atoms with Gasteiger partial charge in [-0.2, -0.15) is 0 Å². The lowest BCUT2D eigenvalue weighted by Gasteiger charge is -1.98. The highest BCUT2D eigenvalue weighted by atomic mass is 32.1. The highest BCUT2D eigenvalue weighted by molar-refractivity contribution is 7.09. The molecule has 0 atom stereocenters. The maximum absolute atomic E-state index is 11.3. The van der Waals surface area contributed by atoms with E-state index in [0.29, 0.717) is 26.1 Å². The van der Waals surface area contributed by atoms with E-state index in [0.717, 1.165) is 5.01 Å². The summed E-state index contributed by atoms with van der Waals surface area (Å²) in [6, 6.07) is 0. The Kier molecular flexibility index (Phi) is 4.64. The molecular weight excluding hydrogens is 186 g/mol. The molecule has 3 nitrogen and oxygen atoms in total. The van der Waals surface area contributed by atoms with Crippen LogP contribution in [0.25, 0.3) is 0 Å². The van der Waals surface area contributed by atoms with Crippen LogP contribution in [-0.4, -0.2) is 24.0 Å². The van der Waals surface area contributed by atoms with Gasteiger partial charge in [-0.3, -0.25) is 4.79 Å². The topological polar surface area (TPSA) is 39.2 Å². The highest BCUT2D eigenvalue weighted by Crippen LogP contribution is 2.05. The number of hydrogen-bond acceptors (Lipinski definition) is 4. The van der Waals surface area contributed by atoms with Crippen molar-refractivity contribution in [3.05, 3.63) is 16.6 Å². The molecule has 0 saturated heterocycles. The van der Waals surface area contributed by atoms with Crippen LogP contribution in [0.3, 0.4) is 0 Å². The van der Waals surface area contributed by atoms with Crippen molar-refractivity contribution in [1.82, 2.24) is 4.98 Å². The molecule has 0 radical (unpaired) electrons. The molecule has 0 saturated carbocycles. The Balaban J connectivity index is 2.18. The number of carbonyl (C=O) groups is 1. The molecular formula is C9H13NO2S. The summed E-state index contributed by atoms with van der Waals surface area (Å²) in [4.78, 5) is 15.3. The average Bonchev–Trinajstić information content (AvgIpc) is 2.57. The van der Waals surface area contributed by atoms with Crippen LogP contribution < -0.4 is 0 Å². The molecule has 13 heavy (non-hydrogen) atoms. The van der Waals surface area contributed by atoms with Crippen LogP contribution in [0.15, 0.2) is 11.6 Å². The zero-order valence-corrected chi connectivity index (χ0v) is 8.47. The van der Waals surface area contributed by atoms with Gasteiger partial charge in [0.15, 0.2) is 0 Å². The van der Waals surface area contributed by atoms with E-state index < -0.39 is 0 Å². The van der Waals surface area contributed by atoms with Crippen LogP contribution in [0.2, 0.25) is 0 Å². The van der Waals surface area contributed by atoms with Crippen molar-refractivity contribution in [2.24, 2.45) is 0 Å². The van der Waals surface area contributed by atoms with E-state index in [9.17, 15) is 4.79 Å². The number of thiazole rings is 1. The van der Waals surface area contributed by atoms with Crippen LogP contribution in [0.5, 0.6) is 0 Å². The van der Waals surface area contributed by atoms with Crippen LogP contribution in [-0.2, 0) is 16.0 Å². The fraction of sp³-hybridized carbons (Fsp3) is 0.556. The van der Waals surface area contributed by atoms with Crippen molar-refractivity contribution < 1.29 is 9.53 Å². The van der Waals surface area contributed by atoms with Gasteiger partial charge < -0.3 is 4.74 Å². The van der Waals surface area contributed by atoms with Gasteiger partial charge in [-0.05, 0) is 6.92 Å². The Hall–Kier alpha value is -0.740. The third-order valence-corrected chi connectivity index (χ3v) is 2.34. The number of nitrogens with zero attached hydrogens (tertiary/aromatic N) is 1. The minimum absolute atomic E-state index is 0.198. The molecule has 1 heterocycles. The Morgan fingerprint density at radius 2 is 2.54 bits per heavy atom. The SMILES string of the molecule is CCOCCC(=O)Cc1nccs1. The Morgan fingerprint density at radius 1 is 1.69 bits per heavy atom. The van der Waals surface area contributed by atoms with E-state index in [1.165, 1.54) is 11.3 Å². The summed E-state index contributed by atoms with van der Waals surface area (Å²) in [5.74, 6) is 0.198. The Bertz CT molecular complexity index is 246. The molecule has 0 spiro atoms. The fourth-order valence-corrected chi connectivity index (χ4v) is 1.57. The second-order valence-corrected chi connectivity index (χ2v) is 3.57. The summed E-state index contributed by atoms with van der Waals surface area (Å²) in [7, 11) is 0. The molecule has 0 unspecified atom stereocenters. The number of ether oxygens (including phenoxy) is 1. The third kappa shape index (κ3) is 4.15. The van der Waals surface area contributed by atoms with Gasteiger partial charge in [0.1, 0.15) is 5.78 Å². The van der Waals surface area contributed by atoms with Crippen LogP contribution in [0, 0.1) is 0 Å². The van der Waals surface area contributed by atoms with Crippen molar-refractivity contribution in [1.29, 1.82) is 0 Å². The largest absolute Gasteiger partial charge is 0.381 e. The number of hydrogen-bond donors (Lipinski definition) is 0. The van der Waals surface area contributed by atoms with Crippen LogP contribution in [0.1, 0.15) is 18.4 Å². The molecule has 1 rings (SSSR count). The van der Waals surface area contributed by atoms with Gasteiger partial charge in [0, 0.05) is 24.6 Å². The molecule has 1 aromatic rings. The van der Waals surface area contributed by atoms with Crippen molar-refractivity contribution >= 4 is 17.1 Å². The fourth-order valence-electron chi connectivity index (χ4n) is 0.928. The smallest absolute Gasteiger partial charge is 0.141 e. The Morgan fingerprint density at radius 3 is 3.15 bits per heavy atom. The van der Waals surface area contributed by atoms with E-state index in [1.807, 2.05) is 12.3 Å². The number of rotatable bonds is 6. The van der Waals surface area contributed by atoms with E-state index in [4.69, 9.17) is 4.74 Å². The average molecular weight is 199 g/mol. The van der Waals surface area contributed by atoms with E-state index in [2.05, 4.69) is 4.98 Å². The van der Waals surface area contributed by atoms with Crippen molar-refractivity contribution in [3.8, 4) is 0 Å². The number of Topliss-reactive ketones (excluding diaryl/α,β-unsaturated/α-hetero) is 1. The molecule has 1 aromatic heterocycles. The first-order valence-corrected chi connectivity index (χ1v) is 5.18. The standard InChI is InChI=1S/C9H13NO2S/c1-2-12-5-3-8(11)7-9-10-4-6-13-9/h4,6H,2-3,5,7H2,1H3. The summed E-state index contributed by atoms with van der Waals surface area (Å²) in [5.41, 5.74) is 0. The van der Waals surface area contributed by atoms with Crippen LogP contribution >= 0.6 is 11.3 Å². The molecule has 4 heteroatoms. The number of aromatic nitrogens is 1. The van der Waals surface area contributed by atoms with E-state index in [-0.39, 0.29) is 5.78 Å². The maximum Gasteiger partial charge on any atom is 0.141 e. The summed E-state index contributed by atoms with van der Waals surface area (Å²) < 4.78 is 5.09. The van der Waals surface area contributed by atoms with E-state index in [1.54, 1.807) is 6.20 Å². The molecule has 0 aliphatic rings. The van der Waals surface area contributed by atoms with Gasteiger partial charge in [0.05, 0.1) is 18.0 Å². The first-order valence-electron chi connectivity index (χ1n) is 4.30. The zero-order chi connectivity index (χ0) is 9.52. The van der Waals surface area contributed by atoms with Crippen molar-refractivity contribution in [3.63, 3.8) is 0 Å². The monoisotopic (exact) mass is 199 g/mol. The minimum atomic E-state index is 0.198. The lowest BCUT2D eigenvalue weighted by atomic mass is 10.2. The quantitative estimate of drug-likeness (QED) is 0.654. The lowest BCUT2D eigenvalue weighted by Crippen LogP contribution is -2.06. The first-order chi connectivity index (χ1) is 6.33. The second-order valence-electron chi connectivity index (χ2n) is 2.59. The molecule has 0 bridgehead atoms. The predicted octanol–water partition coefficient (Wildman–Crippen LogP) is 1.68. The van der Waals surface area contributed by atoms with Gasteiger partial charge in [0.25, 0.3) is 0 Å². The van der Waals surface area contributed by atoms with Gasteiger partial charge >= 0.3 is 0 Å². The van der Waals surface area contributed by atoms with Gasteiger partial charge in [0.2, 0.25) is 0 Å². The number of ketones is 1. The van der Waals surface area contributed by atoms with Gasteiger partial charge in [-0.15, -0.1) is 11.3 Å². The second kappa shape index (κ2) is 5.83. The summed E-state index contributed by atoms with van der Waals surface area (Å²) in [5, 5.41) is 2.77. The molecule has 0 fully saturated rings. The molecule has 0 aromatic carbocycles. The summed E-state index contributed by atoms with van der Waals surface area (Å²) in [6.45, 7) is 3.12. The molecule has 0 aliphatic heterocycles.